The van der Waals surface area contributed by atoms with E-state index in [1.165, 1.54) is 0 Å². The summed E-state index contributed by atoms with van der Waals surface area (Å²) < 4.78 is 0. The summed E-state index contributed by atoms with van der Waals surface area (Å²) >= 11 is 0. The lowest BCUT2D eigenvalue weighted by Gasteiger charge is -2.16. The minimum Gasteiger partial charge on any atom is -0.481 e. The summed E-state index contributed by atoms with van der Waals surface area (Å²) in [6.07, 6.45) is 0.0791. The van der Waals surface area contributed by atoms with Gasteiger partial charge in [-0.3, -0.25) is 9.59 Å². The van der Waals surface area contributed by atoms with Crippen LogP contribution in [0.25, 0.3) is 11.1 Å². The van der Waals surface area contributed by atoms with E-state index in [-0.39, 0.29) is 18.9 Å². The number of carboxylic acid groups (broad SMARTS) is 1. The Labute approximate surface area is 122 Å². The van der Waals surface area contributed by atoms with Gasteiger partial charge in [-0.2, -0.15) is 0 Å². The van der Waals surface area contributed by atoms with E-state index in [0.29, 0.717) is 0 Å². The van der Waals surface area contributed by atoms with Gasteiger partial charge < -0.3 is 10.0 Å². The molecule has 0 radical (unpaired) electrons. The van der Waals surface area contributed by atoms with Crippen molar-refractivity contribution in [2.45, 2.75) is 6.42 Å². The largest absolute Gasteiger partial charge is 0.481 e. The first-order valence-corrected chi connectivity index (χ1v) is 6.84. The van der Waals surface area contributed by atoms with Crippen molar-refractivity contribution >= 4 is 17.6 Å². The highest BCUT2D eigenvalue weighted by molar-refractivity contribution is 5.99. The predicted molar refractivity (Wildman–Crippen MR) is 80.0 cm³/mol. The fraction of sp³-hybridized carbons (Fsp3) is 0.176. The van der Waals surface area contributed by atoms with Crippen molar-refractivity contribution in [1.29, 1.82) is 0 Å². The van der Waals surface area contributed by atoms with Gasteiger partial charge in [0.25, 0.3) is 0 Å². The molecule has 1 aliphatic heterocycles. The van der Waals surface area contributed by atoms with Crippen LogP contribution >= 0.6 is 0 Å². The number of anilines is 1. The zero-order valence-corrected chi connectivity index (χ0v) is 11.4. The highest BCUT2D eigenvalue weighted by atomic mass is 16.4. The van der Waals surface area contributed by atoms with Gasteiger partial charge in [-0.1, -0.05) is 42.5 Å². The van der Waals surface area contributed by atoms with Crippen LogP contribution < -0.4 is 4.90 Å². The quantitative estimate of drug-likeness (QED) is 0.941. The molecule has 3 rings (SSSR count). The Balaban J connectivity index is 1.82. The van der Waals surface area contributed by atoms with Gasteiger partial charge in [0, 0.05) is 18.7 Å². The Morgan fingerprint density at radius 2 is 1.62 bits per heavy atom. The van der Waals surface area contributed by atoms with E-state index in [1.54, 1.807) is 4.90 Å². The van der Waals surface area contributed by atoms with E-state index in [4.69, 9.17) is 5.11 Å². The van der Waals surface area contributed by atoms with Crippen LogP contribution in [0.5, 0.6) is 0 Å². The maximum absolute atomic E-state index is 11.9. The number of aliphatic carboxylic acids is 1. The smallest absolute Gasteiger partial charge is 0.308 e. The molecule has 1 atom stereocenters. The van der Waals surface area contributed by atoms with Gasteiger partial charge in [-0.25, -0.2) is 0 Å². The first-order valence-electron chi connectivity index (χ1n) is 6.84. The number of hydrogen-bond donors (Lipinski definition) is 1. The van der Waals surface area contributed by atoms with Crippen molar-refractivity contribution in [3.05, 3.63) is 54.6 Å². The monoisotopic (exact) mass is 281 g/mol. The van der Waals surface area contributed by atoms with Crippen LogP contribution in [-0.4, -0.2) is 23.5 Å². The molecule has 1 amide bonds. The van der Waals surface area contributed by atoms with E-state index >= 15 is 0 Å². The summed E-state index contributed by atoms with van der Waals surface area (Å²) in [5, 5.41) is 9.01. The highest BCUT2D eigenvalue weighted by Crippen LogP contribution is 2.28. The molecule has 2 aromatic carbocycles. The fourth-order valence-corrected chi connectivity index (χ4v) is 2.59. The lowest BCUT2D eigenvalue weighted by atomic mass is 10.1. The topological polar surface area (TPSA) is 57.6 Å². The first kappa shape index (κ1) is 13.4. The molecule has 21 heavy (non-hydrogen) atoms. The predicted octanol–water partition coefficient (Wildman–Crippen LogP) is 2.79. The molecular formula is C17H15NO3. The summed E-state index contributed by atoms with van der Waals surface area (Å²) in [6, 6.07) is 17.6. The van der Waals surface area contributed by atoms with Gasteiger partial charge in [-0.15, -0.1) is 0 Å². The fourth-order valence-electron chi connectivity index (χ4n) is 2.59. The van der Waals surface area contributed by atoms with Crippen molar-refractivity contribution in [3.63, 3.8) is 0 Å². The molecule has 1 N–H and O–H groups in total. The van der Waals surface area contributed by atoms with E-state index in [0.717, 1.165) is 16.8 Å². The zero-order chi connectivity index (χ0) is 14.8. The molecule has 0 saturated carbocycles. The van der Waals surface area contributed by atoms with Gasteiger partial charge in [0.05, 0.1) is 5.92 Å². The Hall–Kier alpha value is -2.62. The summed E-state index contributed by atoms with van der Waals surface area (Å²) in [6.45, 7) is 0.249. The summed E-state index contributed by atoms with van der Waals surface area (Å²) in [5.41, 5.74) is 2.93. The van der Waals surface area contributed by atoms with E-state index in [9.17, 15) is 9.59 Å². The highest BCUT2D eigenvalue weighted by Gasteiger charge is 2.34. The molecular weight excluding hydrogens is 266 g/mol. The number of rotatable bonds is 3. The van der Waals surface area contributed by atoms with Gasteiger partial charge >= 0.3 is 5.97 Å². The van der Waals surface area contributed by atoms with Gasteiger partial charge in [0.1, 0.15) is 0 Å². The van der Waals surface area contributed by atoms with Crippen LogP contribution in [-0.2, 0) is 9.59 Å². The number of carboxylic acids is 1. The van der Waals surface area contributed by atoms with Gasteiger partial charge in [0.2, 0.25) is 5.91 Å². The minimum atomic E-state index is -0.910. The molecule has 0 spiro atoms. The molecule has 1 aliphatic rings. The maximum Gasteiger partial charge on any atom is 0.308 e. The SMILES string of the molecule is O=C(O)[C@H]1CC(=O)N(c2ccc(-c3ccccc3)cc2)C1. The molecule has 0 aromatic heterocycles. The van der Waals surface area contributed by atoms with Crippen LogP contribution in [0, 0.1) is 5.92 Å². The second kappa shape index (κ2) is 5.40. The minimum absolute atomic E-state index is 0.0791. The van der Waals surface area contributed by atoms with E-state index in [2.05, 4.69) is 0 Å². The Morgan fingerprint density at radius 3 is 2.19 bits per heavy atom. The van der Waals surface area contributed by atoms with Crippen molar-refractivity contribution in [1.82, 2.24) is 0 Å². The molecule has 1 fully saturated rings. The third-order valence-corrected chi connectivity index (χ3v) is 3.76. The third-order valence-electron chi connectivity index (χ3n) is 3.76. The molecule has 0 bridgehead atoms. The average Bonchev–Trinajstić information content (AvgIpc) is 2.91. The second-order valence-corrected chi connectivity index (χ2v) is 5.16. The van der Waals surface area contributed by atoms with E-state index in [1.807, 2.05) is 54.6 Å². The maximum atomic E-state index is 11.9. The lowest BCUT2D eigenvalue weighted by Crippen LogP contribution is -2.25. The number of carbonyl (C=O) groups is 2. The zero-order valence-electron chi connectivity index (χ0n) is 11.4. The standard InChI is InChI=1S/C17H15NO3/c19-16-10-14(17(20)21)11-18(16)15-8-6-13(7-9-15)12-4-2-1-3-5-12/h1-9,14H,10-11H2,(H,20,21)/t14-/m0/s1. The van der Waals surface area contributed by atoms with Crippen LogP contribution in [0.3, 0.4) is 0 Å². The number of nitrogens with zero attached hydrogens (tertiary/aromatic N) is 1. The van der Waals surface area contributed by atoms with Crippen molar-refractivity contribution < 1.29 is 14.7 Å². The molecule has 1 saturated heterocycles. The van der Waals surface area contributed by atoms with Gasteiger partial charge in [-0.05, 0) is 23.3 Å². The summed E-state index contributed by atoms with van der Waals surface area (Å²) in [5.74, 6) is -1.65. The average molecular weight is 281 g/mol. The van der Waals surface area contributed by atoms with Crippen molar-refractivity contribution in [3.8, 4) is 11.1 Å². The lowest BCUT2D eigenvalue weighted by molar-refractivity contribution is -0.141. The Kier molecular flexibility index (Phi) is 3.44. The molecule has 0 aliphatic carbocycles. The van der Waals surface area contributed by atoms with Crippen LogP contribution in [0.2, 0.25) is 0 Å². The molecule has 0 unspecified atom stereocenters. The molecule has 1 heterocycles. The van der Waals surface area contributed by atoms with Gasteiger partial charge in [0.15, 0.2) is 0 Å². The summed E-state index contributed by atoms with van der Waals surface area (Å²) in [4.78, 5) is 24.4. The van der Waals surface area contributed by atoms with Crippen molar-refractivity contribution in [2.24, 2.45) is 5.92 Å². The molecule has 4 nitrogen and oxygen atoms in total. The van der Waals surface area contributed by atoms with Crippen LogP contribution in [0.1, 0.15) is 6.42 Å². The molecule has 4 heteroatoms. The number of carbonyl (C=O) groups excluding carboxylic acids is 1. The first-order chi connectivity index (χ1) is 10.1. The molecule has 2 aromatic rings. The number of benzene rings is 2. The second-order valence-electron chi connectivity index (χ2n) is 5.16. The Morgan fingerprint density at radius 1 is 1.00 bits per heavy atom. The van der Waals surface area contributed by atoms with Crippen LogP contribution in [0.4, 0.5) is 5.69 Å². The normalized spacial score (nSPS) is 18.0. The number of hydrogen-bond acceptors (Lipinski definition) is 2. The van der Waals surface area contributed by atoms with E-state index < -0.39 is 11.9 Å². The molecule has 106 valence electrons. The van der Waals surface area contributed by atoms with Crippen LogP contribution in [0.15, 0.2) is 54.6 Å². The number of amides is 1. The Bertz CT molecular complexity index is 664. The third kappa shape index (κ3) is 2.65. The van der Waals surface area contributed by atoms with Crippen molar-refractivity contribution in [2.75, 3.05) is 11.4 Å². The summed E-state index contributed by atoms with van der Waals surface area (Å²) in [7, 11) is 0.